The number of halogens is 4. The first-order valence-electron chi connectivity index (χ1n) is 17.6. The number of hydrogen-bond donors (Lipinski definition) is 1. The molecule has 1 heterocycles. The molecular formula is C39H45Cl2F2NO8. The molecule has 5 rings (SSSR count). The van der Waals surface area contributed by atoms with E-state index in [-0.39, 0.29) is 47.8 Å². The molecule has 0 radical (unpaired) electrons. The van der Waals surface area contributed by atoms with E-state index < -0.39 is 24.7 Å². The molecule has 2 aromatic carbocycles. The first-order valence-corrected chi connectivity index (χ1v) is 18.4. The van der Waals surface area contributed by atoms with Crippen LogP contribution in [0.15, 0.2) is 70.8 Å². The zero-order chi connectivity index (χ0) is 37.2. The number of alkyl halides is 2. The Morgan fingerprint density at radius 1 is 0.962 bits per heavy atom. The summed E-state index contributed by atoms with van der Waals surface area (Å²) >= 11 is 13.1. The number of ether oxygens (including phenoxy) is 5. The van der Waals surface area contributed by atoms with Crippen LogP contribution >= 0.6 is 23.2 Å². The molecular weight excluding hydrogens is 719 g/mol. The van der Waals surface area contributed by atoms with Crippen molar-refractivity contribution in [1.82, 2.24) is 4.90 Å². The molecule has 1 atom stereocenters. The highest BCUT2D eigenvalue weighted by molar-refractivity contribution is 6.36. The lowest BCUT2D eigenvalue weighted by Crippen LogP contribution is -2.39. The summed E-state index contributed by atoms with van der Waals surface area (Å²) in [4.78, 5) is 28.6. The van der Waals surface area contributed by atoms with Crippen LogP contribution < -0.4 is 14.2 Å². The summed E-state index contributed by atoms with van der Waals surface area (Å²) in [5, 5.41) is 10.3. The molecule has 0 bridgehead atoms. The Bertz CT molecular complexity index is 1630. The van der Waals surface area contributed by atoms with Crippen molar-refractivity contribution < 1.29 is 47.2 Å². The number of rotatable bonds is 19. The summed E-state index contributed by atoms with van der Waals surface area (Å²) in [5.41, 5.74) is 1.54. The van der Waals surface area contributed by atoms with E-state index in [4.69, 9.17) is 46.9 Å². The molecule has 2 aliphatic carbocycles. The van der Waals surface area contributed by atoms with Gasteiger partial charge in [-0.05, 0) is 98.8 Å². The van der Waals surface area contributed by atoms with Gasteiger partial charge in [0.05, 0.1) is 31.4 Å². The molecule has 0 aromatic heterocycles. The quantitative estimate of drug-likeness (QED) is 0.112. The predicted octanol–water partition coefficient (Wildman–Crippen LogP) is 8.48. The van der Waals surface area contributed by atoms with Crippen molar-refractivity contribution in [2.45, 2.75) is 77.3 Å². The van der Waals surface area contributed by atoms with E-state index in [0.717, 1.165) is 25.7 Å². The minimum absolute atomic E-state index is 0.0114. The number of aliphatic hydroxyl groups is 1. The second-order valence-electron chi connectivity index (χ2n) is 13.3. The summed E-state index contributed by atoms with van der Waals surface area (Å²) in [6, 6.07) is 9.19. The van der Waals surface area contributed by atoms with E-state index in [2.05, 4.69) is 6.58 Å². The van der Waals surface area contributed by atoms with Crippen LogP contribution in [0.4, 0.5) is 8.78 Å². The Balaban J connectivity index is 1.40. The third-order valence-corrected chi connectivity index (χ3v) is 9.97. The number of benzene rings is 2. The summed E-state index contributed by atoms with van der Waals surface area (Å²) in [5.74, 6) is 0.0749. The molecule has 282 valence electrons. The van der Waals surface area contributed by atoms with Crippen LogP contribution in [0.25, 0.3) is 0 Å². The Morgan fingerprint density at radius 3 is 2.23 bits per heavy atom. The lowest BCUT2D eigenvalue weighted by Gasteiger charge is -2.28. The highest BCUT2D eigenvalue weighted by atomic mass is 35.5. The topological polar surface area (TPSA) is 104 Å². The average Bonchev–Trinajstić information content (AvgIpc) is 4.08. The van der Waals surface area contributed by atoms with Crippen molar-refractivity contribution in [2.24, 2.45) is 11.8 Å². The first-order chi connectivity index (χ1) is 25.0. The number of carbonyl (C=O) groups is 2. The van der Waals surface area contributed by atoms with Crippen LogP contribution in [0.5, 0.6) is 17.2 Å². The minimum Gasteiger partial charge on any atom is -0.493 e. The first kappa shape index (κ1) is 39.6. The third-order valence-electron chi connectivity index (χ3n) is 9.14. The van der Waals surface area contributed by atoms with Crippen LogP contribution in [-0.4, -0.2) is 67.5 Å². The lowest BCUT2D eigenvalue weighted by atomic mass is 9.99. The second kappa shape index (κ2) is 18.9. The summed E-state index contributed by atoms with van der Waals surface area (Å²) in [7, 11) is 0. The fraction of sp³-hybridized carbons (Fsp3) is 0.487. The highest BCUT2D eigenvalue weighted by Gasteiger charge is 2.28. The van der Waals surface area contributed by atoms with Gasteiger partial charge in [0.2, 0.25) is 0 Å². The summed E-state index contributed by atoms with van der Waals surface area (Å²) in [6.45, 7) is 4.39. The van der Waals surface area contributed by atoms with Gasteiger partial charge in [-0.25, -0.2) is 4.79 Å². The largest absolute Gasteiger partial charge is 0.493 e. The van der Waals surface area contributed by atoms with E-state index >= 15 is 0 Å². The third kappa shape index (κ3) is 11.9. The van der Waals surface area contributed by atoms with E-state index in [1.54, 1.807) is 31.2 Å². The molecule has 0 amide bonds. The van der Waals surface area contributed by atoms with Crippen molar-refractivity contribution in [3.05, 3.63) is 87.5 Å². The molecule has 2 aromatic rings. The summed E-state index contributed by atoms with van der Waals surface area (Å²) < 4.78 is 55.0. The number of esters is 2. The maximum Gasteiger partial charge on any atom is 0.387 e. The van der Waals surface area contributed by atoms with E-state index in [0.29, 0.717) is 78.5 Å². The molecule has 0 spiro atoms. The fourth-order valence-electron chi connectivity index (χ4n) is 5.66. The van der Waals surface area contributed by atoms with Crippen molar-refractivity contribution in [2.75, 3.05) is 32.8 Å². The molecule has 52 heavy (non-hydrogen) atoms. The Kier molecular flexibility index (Phi) is 14.4. The molecule has 9 nitrogen and oxygen atoms in total. The number of carbonyl (C=O) groups excluding carboxylic acids is 2. The second-order valence-corrected chi connectivity index (χ2v) is 14.2. The standard InChI is InChI=1S/C39H45Cl2F2NO8/c1-3-31(40)30(32(41)4-2)19-35(26-9-12-34(52-39(42)43)36(18-26)49-22-25-7-8-25)51-38(47)27-10-11-33(48-21-24-5-6-24)28(17-27)23-50-37(46)20-44-15-13-29(45)14-16-44/h3-4,9-12,17-18,24-25,29,35,39,45H,1,5-8,13-16,19-23H2,2H3/b31-30+,32-4+/t35-/m0/s1. The fourth-order valence-corrected chi connectivity index (χ4v) is 6.06. The van der Waals surface area contributed by atoms with Gasteiger partial charge in [0.1, 0.15) is 18.5 Å². The maximum absolute atomic E-state index is 13.9. The Hall–Kier alpha value is -3.64. The van der Waals surface area contributed by atoms with Crippen LogP contribution in [0.3, 0.4) is 0 Å². The van der Waals surface area contributed by atoms with Crippen LogP contribution in [0.1, 0.15) is 79.5 Å². The van der Waals surface area contributed by atoms with Crippen LogP contribution in [-0.2, 0) is 20.9 Å². The van der Waals surface area contributed by atoms with Gasteiger partial charge in [-0.1, -0.05) is 48.0 Å². The van der Waals surface area contributed by atoms with Crippen LogP contribution in [0, 0.1) is 11.8 Å². The Labute approximate surface area is 313 Å². The van der Waals surface area contributed by atoms with E-state index in [9.17, 15) is 23.5 Å². The van der Waals surface area contributed by atoms with Gasteiger partial charge in [-0.2, -0.15) is 8.78 Å². The number of likely N-dealkylation sites (tertiary alicyclic amines) is 1. The van der Waals surface area contributed by atoms with Gasteiger partial charge in [-0.15, -0.1) is 0 Å². The molecule has 1 saturated heterocycles. The normalized spacial score (nSPS) is 18.0. The smallest absolute Gasteiger partial charge is 0.387 e. The van der Waals surface area contributed by atoms with Gasteiger partial charge in [0, 0.05) is 35.1 Å². The molecule has 3 aliphatic rings. The maximum atomic E-state index is 13.9. The number of hydrogen-bond acceptors (Lipinski definition) is 9. The van der Waals surface area contributed by atoms with Crippen molar-refractivity contribution >= 4 is 35.1 Å². The molecule has 0 unspecified atom stereocenters. The van der Waals surface area contributed by atoms with Crippen molar-refractivity contribution in [3.63, 3.8) is 0 Å². The molecule has 3 fully saturated rings. The van der Waals surface area contributed by atoms with Gasteiger partial charge in [0.15, 0.2) is 11.5 Å². The van der Waals surface area contributed by atoms with Crippen molar-refractivity contribution in [3.8, 4) is 17.2 Å². The molecule has 1 aliphatic heterocycles. The van der Waals surface area contributed by atoms with Gasteiger partial charge < -0.3 is 28.8 Å². The average molecular weight is 765 g/mol. The zero-order valence-corrected chi connectivity index (χ0v) is 30.7. The van der Waals surface area contributed by atoms with E-state index in [1.165, 1.54) is 24.3 Å². The number of allylic oxidation sites excluding steroid dienone is 4. The molecule has 1 N–H and O–H groups in total. The highest BCUT2D eigenvalue weighted by Crippen LogP contribution is 2.40. The monoisotopic (exact) mass is 763 g/mol. The SMILES string of the molecule is C=C/C(Cl)=C(C[C@H](OC(=O)c1ccc(OCC2CC2)c(COC(=O)CN2CCC(O)CC2)c1)c1ccc(OC(F)F)c(OCC2CC2)c1)\C(Cl)=C/C. The number of nitrogens with zero attached hydrogens (tertiary/aromatic N) is 1. The number of piperidine rings is 1. The van der Waals surface area contributed by atoms with Gasteiger partial charge in [-0.3, -0.25) is 9.69 Å². The number of aliphatic hydroxyl groups excluding tert-OH is 1. The van der Waals surface area contributed by atoms with E-state index in [1.807, 2.05) is 4.90 Å². The molecule has 13 heteroatoms. The predicted molar refractivity (Wildman–Crippen MR) is 193 cm³/mol. The van der Waals surface area contributed by atoms with Crippen LogP contribution in [0.2, 0.25) is 0 Å². The zero-order valence-electron chi connectivity index (χ0n) is 29.2. The lowest BCUT2D eigenvalue weighted by molar-refractivity contribution is -0.146. The van der Waals surface area contributed by atoms with Gasteiger partial charge in [0.25, 0.3) is 0 Å². The molecule has 2 saturated carbocycles. The van der Waals surface area contributed by atoms with Crippen molar-refractivity contribution in [1.29, 1.82) is 0 Å². The minimum atomic E-state index is -3.07. The Morgan fingerprint density at radius 2 is 1.62 bits per heavy atom. The summed E-state index contributed by atoms with van der Waals surface area (Å²) in [6.07, 6.45) is 7.02. The van der Waals surface area contributed by atoms with Gasteiger partial charge >= 0.3 is 18.6 Å².